The molecule has 1 saturated carbocycles. The second-order valence-corrected chi connectivity index (χ2v) is 5.28. The van der Waals surface area contributed by atoms with Gasteiger partial charge in [0, 0.05) is 18.7 Å². The van der Waals surface area contributed by atoms with E-state index in [2.05, 4.69) is 17.6 Å². The van der Waals surface area contributed by atoms with Gasteiger partial charge in [0.2, 0.25) is 5.91 Å². The van der Waals surface area contributed by atoms with E-state index in [1.165, 1.54) is 19.8 Å². The van der Waals surface area contributed by atoms with Crippen molar-refractivity contribution in [3.8, 4) is 0 Å². The van der Waals surface area contributed by atoms with Crippen molar-refractivity contribution < 1.29 is 4.79 Å². The second kappa shape index (κ2) is 5.61. The summed E-state index contributed by atoms with van der Waals surface area (Å²) in [6, 6.07) is 6.21. The highest BCUT2D eigenvalue weighted by atomic mass is 35.5. The van der Waals surface area contributed by atoms with Crippen LogP contribution < -0.4 is 10.6 Å². The molecule has 2 N–H and O–H groups in total. The van der Waals surface area contributed by atoms with Crippen molar-refractivity contribution in [1.29, 1.82) is 0 Å². The van der Waals surface area contributed by atoms with Gasteiger partial charge >= 0.3 is 0 Å². The first-order valence-corrected chi connectivity index (χ1v) is 6.81. The van der Waals surface area contributed by atoms with Gasteiger partial charge in [0.05, 0.1) is 10.7 Å². The average Bonchev–Trinajstić information content (AvgIpc) is 3.13. The monoisotopic (exact) mass is 266 g/mol. The molecule has 0 aliphatic heterocycles. The molecule has 0 radical (unpaired) electrons. The van der Waals surface area contributed by atoms with Crippen LogP contribution in [-0.4, -0.2) is 11.9 Å². The second-order valence-electron chi connectivity index (χ2n) is 4.87. The number of benzene rings is 1. The van der Waals surface area contributed by atoms with Crippen molar-refractivity contribution in [1.82, 2.24) is 0 Å². The predicted molar refractivity (Wildman–Crippen MR) is 76.2 cm³/mol. The first kappa shape index (κ1) is 13.2. The molecule has 1 aliphatic rings. The van der Waals surface area contributed by atoms with Crippen LogP contribution >= 0.6 is 11.6 Å². The number of anilines is 2. The Balaban J connectivity index is 2.05. The molecule has 4 heteroatoms. The molecule has 1 aromatic carbocycles. The van der Waals surface area contributed by atoms with Gasteiger partial charge in [0.1, 0.15) is 0 Å². The third-order valence-electron chi connectivity index (χ3n) is 3.26. The summed E-state index contributed by atoms with van der Waals surface area (Å²) in [5.41, 5.74) is 1.68. The van der Waals surface area contributed by atoms with Crippen molar-refractivity contribution in [2.24, 2.45) is 5.92 Å². The molecule has 1 atom stereocenters. The van der Waals surface area contributed by atoms with Gasteiger partial charge < -0.3 is 10.6 Å². The summed E-state index contributed by atoms with van der Waals surface area (Å²) in [6.45, 7) is 3.67. The molecule has 1 aromatic rings. The Bertz CT molecular complexity index is 443. The Kier molecular flexibility index (Phi) is 4.12. The molecular weight excluding hydrogens is 248 g/mol. The van der Waals surface area contributed by atoms with E-state index >= 15 is 0 Å². The summed E-state index contributed by atoms with van der Waals surface area (Å²) in [6.07, 6.45) is 3.77. The van der Waals surface area contributed by atoms with Gasteiger partial charge in [-0.1, -0.05) is 18.5 Å². The third-order valence-corrected chi connectivity index (χ3v) is 3.58. The largest absolute Gasteiger partial charge is 0.382 e. The quantitative estimate of drug-likeness (QED) is 0.849. The zero-order valence-corrected chi connectivity index (χ0v) is 11.6. The number of halogens is 1. The summed E-state index contributed by atoms with van der Waals surface area (Å²) >= 11 is 6.14. The zero-order valence-electron chi connectivity index (χ0n) is 10.8. The average molecular weight is 267 g/mol. The summed E-state index contributed by atoms with van der Waals surface area (Å²) < 4.78 is 0. The summed E-state index contributed by atoms with van der Waals surface area (Å²) in [4.78, 5) is 11.0. The Morgan fingerprint density at radius 2 is 2.22 bits per heavy atom. The van der Waals surface area contributed by atoms with Crippen molar-refractivity contribution in [2.45, 2.75) is 39.2 Å². The lowest BCUT2D eigenvalue weighted by Gasteiger charge is -2.18. The Labute approximate surface area is 113 Å². The fourth-order valence-electron chi connectivity index (χ4n) is 2.16. The van der Waals surface area contributed by atoms with E-state index in [4.69, 9.17) is 11.6 Å². The van der Waals surface area contributed by atoms with Crippen LogP contribution in [0, 0.1) is 5.92 Å². The van der Waals surface area contributed by atoms with Gasteiger partial charge in [-0.05, 0) is 43.4 Å². The molecule has 1 unspecified atom stereocenters. The van der Waals surface area contributed by atoms with E-state index in [0.29, 0.717) is 16.8 Å². The highest BCUT2D eigenvalue weighted by Gasteiger charge is 2.29. The highest BCUT2D eigenvalue weighted by molar-refractivity contribution is 6.34. The SMILES string of the molecule is CCC(Nc1ccc(NC(C)=O)c(Cl)c1)C1CC1. The molecule has 0 spiro atoms. The molecule has 2 rings (SSSR count). The highest BCUT2D eigenvalue weighted by Crippen LogP contribution is 2.36. The molecule has 98 valence electrons. The summed E-state index contributed by atoms with van der Waals surface area (Å²) in [5, 5.41) is 6.79. The van der Waals surface area contributed by atoms with Gasteiger partial charge in [0.25, 0.3) is 0 Å². The van der Waals surface area contributed by atoms with Crippen molar-refractivity contribution in [3.05, 3.63) is 23.2 Å². The third kappa shape index (κ3) is 3.39. The van der Waals surface area contributed by atoms with Crippen LogP contribution in [0.2, 0.25) is 5.02 Å². The molecule has 0 aromatic heterocycles. The lowest BCUT2D eigenvalue weighted by atomic mass is 10.1. The van der Waals surface area contributed by atoms with E-state index in [0.717, 1.165) is 18.0 Å². The minimum Gasteiger partial charge on any atom is -0.382 e. The van der Waals surface area contributed by atoms with E-state index in [1.54, 1.807) is 0 Å². The van der Waals surface area contributed by atoms with E-state index < -0.39 is 0 Å². The fraction of sp³-hybridized carbons (Fsp3) is 0.500. The van der Waals surface area contributed by atoms with Crippen molar-refractivity contribution >= 4 is 28.9 Å². The van der Waals surface area contributed by atoms with Crippen molar-refractivity contribution in [2.75, 3.05) is 10.6 Å². The van der Waals surface area contributed by atoms with Gasteiger partial charge in [-0.15, -0.1) is 0 Å². The van der Waals surface area contributed by atoms with Crippen LogP contribution in [0.5, 0.6) is 0 Å². The van der Waals surface area contributed by atoms with E-state index in [-0.39, 0.29) is 5.91 Å². The van der Waals surface area contributed by atoms with E-state index in [1.807, 2.05) is 18.2 Å². The fourth-order valence-corrected chi connectivity index (χ4v) is 2.39. The maximum Gasteiger partial charge on any atom is 0.221 e. The number of rotatable bonds is 5. The molecule has 3 nitrogen and oxygen atoms in total. The topological polar surface area (TPSA) is 41.1 Å². The minimum absolute atomic E-state index is 0.109. The summed E-state index contributed by atoms with van der Waals surface area (Å²) in [5.74, 6) is 0.700. The molecule has 1 aliphatic carbocycles. The van der Waals surface area contributed by atoms with E-state index in [9.17, 15) is 4.79 Å². The number of carbonyl (C=O) groups is 1. The normalized spacial score (nSPS) is 16.2. The van der Waals surface area contributed by atoms with Gasteiger partial charge in [-0.25, -0.2) is 0 Å². The Morgan fingerprint density at radius 1 is 1.50 bits per heavy atom. The molecular formula is C14H19ClN2O. The smallest absolute Gasteiger partial charge is 0.221 e. The number of amides is 1. The Hall–Kier alpha value is -1.22. The maximum absolute atomic E-state index is 11.0. The van der Waals surface area contributed by atoms with Crippen LogP contribution in [0.25, 0.3) is 0 Å². The first-order chi connectivity index (χ1) is 8.60. The van der Waals surface area contributed by atoms with Crippen LogP contribution in [-0.2, 0) is 4.79 Å². The first-order valence-electron chi connectivity index (χ1n) is 6.44. The molecule has 1 amide bonds. The van der Waals surface area contributed by atoms with Gasteiger partial charge in [-0.2, -0.15) is 0 Å². The lowest BCUT2D eigenvalue weighted by molar-refractivity contribution is -0.114. The lowest BCUT2D eigenvalue weighted by Crippen LogP contribution is -2.20. The zero-order chi connectivity index (χ0) is 13.1. The maximum atomic E-state index is 11.0. The molecule has 0 saturated heterocycles. The number of hydrogen-bond donors (Lipinski definition) is 2. The number of hydrogen-bond acceptors (Lipinski definition) is 2. The molecule has 1 fully saturated rings. The number of carbonyl (C=O) groups excluding carboxylic acids is 1. The standard InChI is InChI=1S/C14H19ClN2O/c1-3-13(10-4-5-10)17-11-6-7-14(12(15)8-11)16-9(2)18/h6-8,10,13,17H,3-5H2,1-2H3,(H,16,18). The van der Waals surface area contributed by atoms with Gasteiger partial charge in [-0.3, -0.25) is 4.79 Å². The van der Waals surface area contributed by atoms with Crippen LogP contribution in [0.4, 0.5) is 11.4 Å². The van der Waals surface area contributed by atoms with Crippen molar-refractivity contribution in [3.63, 3.8) is 0 Å². The number of nitrogens with one attached hydrogen (secondary N) is 2. The molecule has 0 bridgehead atoms. The molecule has 18 heavy (non-hydrogen) atoms. The summed E-state index contributed by atoms with van der Waals surface area (Å²) in [7, 11) is 0. The minimum atomic E-state index is -0.109. The molecule has 0 heterocycles. The van der Waals surface area contributed by atoms with Crippen LogP contribution in [0.3, 0.4) is 0 Å². The Morgan fingerprint density at radius 3 is 2.72 bits per heavy atom. The van der Waals surface area contributed by atoms with Crippen LogP contribution in [0.1, 0.15) is 33.1 Å². The van der Waals surface area contributed by atoms with Crippen LogP contribution in [0.15, 0.2) is 18.2 Å². The predicted octanol–water partition coefficient (Wildman–Crippen LogP) is 3.90. The van der Waals surface area contributed by atoms with Gasteiger partial charge in [0.15, 0.2) is 0 Å².